The maximum Gasteiger partial charge on any atom is 0.222 e. The lowest BCUT2D eigenvalue weighted by molar-refractivity contribution is -0.140. The number of aromatic nitrogens is 1. The molecule has 0 saturated carbocycles. The van der Waals surface area contributed by atoms with E-state index in [4.69, 9.17) is 4.74 Å². The molecule has 152 valence electrons. The highest BCUT2D eigenvalue weighted by molar-refractivity contribution is 5.82. The highest BCUT2D eigenvalue weighted by Gasteiger charge is 2.41. The number of hydrogen-bond acceptors (Lipinski definition) is 3. The Bertz CT molecular complexity index is 859. The van der Waals surface area contributed by atoms with Gasteiger partial charge in [0.15, 0.2) is 0 Å². The molecule has 1 amide bonds. The van der Waals surface area contributed by atoms with Gasteiger partial charge in [0, 0.05) is 68.8 Å². The summed E-state index contributed by atoms with van der Waals surface area (Å²) in [5, 5.41) is 1.33. The van der Waals surface area contributed by atoms with Gasteiger partial charge in [0.25, 0.3) is 0 Å². The first-order valence-electron chi connectivity index (χ1n) is 10.5. The SMILES string of the molecule is COCCN1CC2(CCCN(Cc3cc4cc(C)ccc4n3C)C2)CCC1=O. The molecule has 0 aliphatic carbocycles. The summed E-state index contributed by atoms with van der Waals surface area (Å²) in [7, 11) is 3.89. The van der Waals surface area contributed by atoms with Gasteiger partial charge in [-0.1, -0.05) is 11.6 Å². The topological polar surface area (TPSA) is 37.7 Å². The fraction of sp³-hybridized carbons (Fsp3) is 0.609. The highest BCUT2D eigenvalue weighted by atomic mass is 16.5. The zero-order valence-corrected chi connectivity index (χ0v) is 17.5. The molecule has 1 aromatic heterocycles. The fourth-order valence-corrected chi connectivity index (χ4v) is 5.19. The second kappa shape index (κ2) is 7.88. The molecule has 2 aliphatic rings. The summed E-state index contributed by atoms with van der Waals surface area (Å²) in [6.45, 7) is 7.61. The number of benzene rings is 1. The van der Waals surface area contributed by atoms with Crippen LogP contribution in [0.2, 0.25) is 0 Å². The molecule has 2 aliphatic heterocycles. The number of rotatable bonds is 5. The summed E-state index contributed by atoms with van der Waals surface area (Å²) < 4.78 is 7.55. The Kier molecular flexibility index (Phi) is 5.48. The largest absolute Gasteiger partial charge is 0.383 e. The van der Waals surface area contributed by atoms with Gasteiger partial charge >= 0.3 is 0 Å². The van der Waals surface area contributed by atoms with E-state index in [0.717, 1.165) is 39.1 Å². The van der Waals surface area contributed by atoms with E-state index in [1.54, 1.807) is 7.11 Å². The van der Waals surface area contributed by atoms with Crippen molar-refractivity contribution in [1.82, 2.24) is 14.4 Å². The van der Waals surface area contributed by atoms with E-state index in [9.17, 15) is 4.79 Å². The number of methoxy groups -OCH3 is 1. The zero-order valence-electron chi connectivity index (χ0n) is 17.5. The molecule has 28 heavy (non-hydrogen) atoms. The Balaban J connectivity index is 1.48. The van der Waals surface area contributed by atoms with Crippen LogP contribution in [0.5, 0.6) is 0 Å². The minimum atomic E-state index is 0.251. The van der Waals surface area contributed by atoms with Gasteiger partial charge in [0.05, 0.1) is 6.61 Å². The summed E-state index contributed by atoms with van der Waals surface area (Å²) in [6.07, 6.45) is 4.16. The lowest BCUT2D eigenvalue weighted by Gasteiger charge is -2.48. The van der Waals surface area contributed by atoms with Gasteiger partial charge in [0.1, 0.15) is 0 Å². The van der Waals surface area contributed by atoms with Crippen molar-refractivity contribution >= 4 is 16.8 Å². The molecule has 0 N–H and O–H groups in total. The van der Waals surface area contributed by atoms with Crippen molar-refractivity contribution in [1.29, 1.82) is 0 Å². The Hall–Kier alpha value is -1.85. The summed E-state index contributed by atoms with van der Waals surface area (Å²) >= 11 is 0. The van der Waals surface area contributed by atoms with Crippen LogP contribution in [0.25, 0.3) is 10.9 Å². The predicted octanol–water partition coefficient (Wildman–Crippen LogP) is 3.34. The number of nitrogens with zero attached hydrogens (tertiary/aromatic N) is 3. The van der Waals surface area contributed by atoms with E-state index in [1.807, 2.05) is 4.90 Å². The molecular weight excluding hydrogens is 350 g/mol. The molecule has 2 saturated heterocycles. The molecule has 1 unspecified atom stereocenters. The Labute approximate surface area is 168 Å². The molecular formula is C23H33N3O2. The van der Waals surface area contributed by atoms with Crippen molar-refractivity contribution in [2.45, 2.75) is 39.2 Å². The monoisotopic (exact) mass is 383 g/mol. The Morgan fingerprint density at radius 2 is 2.04 bits per heavy atom. The average Bonchev–Trinajstić information content (AvgIpc) is 2.97. The number of carbonyl (C=O) groups excluding carboxylic acids is 1. The van der Waals surface area contributed by atoms with E-state index in [1.165, 1.54) is 35.0 Å². The third-order valence-corrected chi connectivity index (χ3v) is 6.74. The molecule has 5 nitrogen and oxygen atoms in total. The zero-order chi connectivity index (χ0) is 19.7. The molecule has 5 heteroatoms. The number of likely N-dealkylation sites (tertiary alicyclic amines) is 2. The van der Waals surface area contributed by atoms with E-state index >= 15 is 0 Å². The molecule has 0 radical (unpaired) electrons. The average molecular weight is 384 g/mol. The number of hydrogen-bond donors (Lipinski definition) is 0. The highest BCUT2D eigenvalue weighted by Crippen LogP contribution is 2.39. The number of fused-ring (bicyclic) bond motifs is 1. The van der Waals surface area contributed by atoms with Crippen LogP contribution in [0.3, 0.4) is 0 Å². The molecule has 1 aromatic carbocycles. The normalized spacial score (nSPS) is 23.8. The van der Waals surface area contributed by atoms with Crippen LogP contribution < -0.4 is 0 Å². The van der Waals surface area contributed by atoms with Gasteiger partial charge in [-0.05, 0) is 50.9 Å². The molecule has 1 atom stereocenters. The van der Waals surface area contributed by atoms with Gasteiger partial charge in [0.2, 0.25) is 5.91 Å². The summed E-state index contributed by atoms with van der Waals surface area (Å²) in [5.41, 5.74) is 4.24. The number of piperidine rings is 2. The van der Waals surface area contributed by atoms with E-state index in [0.29, 0.717) is 18.9 Å². The van der Waals surface area contributed by atoms with Crippen LogP contribution in [0.4, 0.5) is 0 Å². The number of aryl methyl sites for hydroxylation is 2. The molecule has 3 heterocycles. The van der Waals surface area contributed by atoms with Crippen LogP contribution >= 0.6 is 0 Å². The lowest BCUT2D eigenvalue weighted by Crippen LogP contribution is -2.54. The second-order valence-electron chi connectivity index (χ2n) is 8.88. The molecule has 2 aromatic rings. The first-order valence-corrected chi connectivity index (χ1v) is 10.5. The van der Waals surface area contributed by atoms with Crippen LogP contribution in [-0.2, 0) is 23.1 Å². The van der Waals surface area contributed by atoms with E-state index < -0.39 is 0 Å². The van der Waals surface area contributed by atoms with Gasteiger partial charge in [-0.3, -0.25) is 9.69 Å². The molecule has 0 bridgehead atoms. The quantitative estimate of drug-likeness (QED) is 0.795. The fourth-order valence-electron chi connectivity index (χ4n) is 5.19. The summed E-state index contributed by atoms with van der Waals surface area (Å²) in [5.74, 6) is 0.295. The molecule has 1 spiro atoms. The van der Waals surface area contributed by atoms with Crippen molar-refractivity contribution in [2.75, 3.05) is 39.9 Å². The smallest absolute Gasteiger partial charge is 0.222 e. The minimum absolute atomic E-state index is 0.251. The van der Waals surface area contributed by atoms with Crippen LogP contribution in [0, 0.1) is 12.3 Å². The van der Waals surface area contributed by atoms with Crippen molar-refractivity contribution in [3.05, 3.63) is 35.5 Å². The van der Waals surface area contributed by atoms with E-state index in [-0.39, 0.29) is 5.41 Å². The minimum Gasteiger partial charge on any atom is -0.383 e. The van der Waals surface area contributed by atoms with Gasteiger partial charge < -0.3 is 14.2 Å². The van der Waals surface area contributed by atoms with Crippen LogP contribution in [0.15, 0.2) is 24.3 Å². The van der Waals surface area contributed by atoms with Crippen molar-refractivity contribution in [3.8, 4) is 0 Å². The Morgan fingerprint density at radius 1 is 1.18 bits per heavy atom. The first-order chi connectivity index (χ1) is 13.5. The van der Waals surface area contributed by atoms with Crippen molar-refractivity contribution < 1.29 is 9.53 Å². The van der Waals surface area contributed by atoms with Gasteiger partial charge in [-0.2, -0.15) is 0 Å². The molecule has 4 rings (SSSR count). The maximum absolute atomic E-state index is 12.3. The number of amides is 1. The van der Waals surface area contributed by atoms with Crippen LogP contribution in [0.1, 0.15) is 36.9 Å². The van der Waals surface area contributed by atoms with Crippen molar-refractivity contribution in [2.24, 2.45) is 12.5 Å². The third-order valence-electron chi connectivity index (χ3n) is 6.74. The summed E-state index contributed by atoms with van der Waals surface area (Å²) in [4.78, 5) is 17.0. The van der Waals surface area contributed by atoms with E-state index in [2.05, 4.69) is 47.7 Å². The lowest BCUT2D eigenvalue weighted by atomic mass is 9.73. The predicted molar refractivity (Wildman–Crippen MR) is 112 cm³/mol. The first kappa shape index (κ1) is 19.5. The Morgan fingerprint density at radius 3 is 2.86 bits per heavy atom. The maximum atomic E-state index is 12.3. The third kappa shape index (κ3) is 3.83. The van der Waals surface area contributed by atoms with Crippen molar-refractivity contribution in [3.63, 3.8) is 0 Å². The number of carbonyl (C=O) groups is 1. The second-order valence-corrected chi connectivity index (χ2v) is 8.88. The standard InChI is InChI=1S/C23H33N3O2/c1-18-5-6-21-19(13-18)14-20(24(21)2)15-25-10-4-8-23(16-25)9-7-22(27)26(17-23)11-12-28-3/h5-6,13-14H,4,7-12,15-17H2,1-3H3. The molecule has 2 fully saturated rings. The number of ether oxygens (including phenoxy) is 1. The van der Waals surface area contributed by atoms with Gasteiger partial charge in [-0.15, -0.1) is 0 Å². The van der Waals surface area contributed by atoms with Crippen LogP contribution in [-0.4, -0.2) is 60.2 Å². The summed E-state index contributed by atoms with van der Waals surface area (Å²) in [6, 6.07) is 9.04. The van der Waals surface area contributed by atoms with Gasteiger partial charge in [-0.25, -0.2) is 0 Å².